The third-order valence-corrected chi connectivity index (χ3v) is 8.61. The molecule has 1 fully saturated rings. The van der Waals surface area contributed by atoms with E-state index in [-0.39, 0.29) is 5.78 Å². The van der Waals surface area contributed by atoms with Crippen molar-refractivity contribution in [3.05, 3.63) is 11.1 Å². The van der Waals surface area contributed by atoms with Gasteiger partial charge in [-0.25, -0.2) is 0 Å². The minimum atomic E-state index is -1.83. The van der Waals surface area contributed by atoms with Gasteiger partial charge in [0.05, 0.1) is 5.60 Å². The van der Waals surface area contributed by atoms with Crippen LogP contribution in [0.1, 0.15) is 126 Å². The molecule has 190 valence electrons. The molecule has 0 bridgehead atoms. The summed E-state index contributed by atoms with van der Waals surface area (Å²) in [5.41, 5.74) is -2.81. The van der Waals surface area contributed by atoms with E-state index in [1.807, 2.05) is 6.92 Å². The van der Waals surface area contributed by atoms with Crippen LogP contribution in [0.5, 0.6) is 0 Å². The highest BCUT2D eigenvalue weighted by Gasteiger charge is 2.69. The van der Waals surface area contributed by atoms with Crippen molar-refractivity contribution in [2.24, 2.45) is 17.8 Å². The predicted octanol–water partition coefficient (Wildman–Crippen LogP) is 6.97. The van der Waals surface area contributed by atoms with E-state index in [0.29, 0.717) is 29.9 Å². The van der Waals surface area contributed by atoms with Crippen LogP contribution in [0.2, 0.25) is 0 Å². The minimum absolute atomic E-state index is 0.211. The Morgan fingerprint density at radius 3 is 1.97 bits per heavy atom. The molecule has 1 spiro atoms. The van der Waals surface area contributed by atoms with Crippen LogP contribution >= 0.6 is 0 Å². The van der Waals surface area contributed by atoms with Crippen LogP contribution < -0.4 is 0 Å². The molecule has 33 heavy (non-hydrogen) atoms. The number of hydrogen-bond donors (Lipinski definition) is 1. The van der Waals surface area contributed by atoms with Gasteiger partial charge in [-0.05, 0) is 75.9 Å². The molecule has 2 rings (SSSR count). The second kappa shape index (κ2) is 11.2. The summed E-state index contributed by atoms with van der Waals surface area (Å²) in [6.45, 7) is 16.1. The molecule has 4 nitrogen and oxygen atoms in total. The Balaban J connectivity index is 1.80. The first kappa shape index (κ1) is 28.2. The Kier molecular flexibility index (Phi) is 9.55. The lowest BCUT2D eigenvalue weighted by Crippen LogP contribution is -2.60. The SMILES string of the molecule is CC(=O)[C@]1(O)C(C)=C(C)C(=O)[C@@]12CC[C@](C)(CCC[C@H](C)CCC[C@H](C)CCCC(C)C)O2. The van der Waals surface area contributed by atoms with E-state index in [2.05, 4.69) is 27.7 Å². The lowest BCUT2D eigenvalue weighted by atomic mass is 9.77. The summed E-state index contributed by atoms with van der Waals surface area (Å²) in [6, 6.07) is 0. The van der Waals surface area contributed by atoms with Gasteiger partial charge in [0, 0.05) is 0 Å². The van der Waals surface area contributed by atoms with Crippen molar-refractivity contribution in [2.75, 3.05) is 0 Å². The van der Waals surface area contributed by atoms with Gasteiger partial charge in [0.25, 0.3) is 0 Å². The van der Waals surface area contributed by atoms with E-state index in [9.17, 15) is 14.7 Å². The summed E-state index contributed by atoms with van der Waals surface area (Å²) >= 11 is 0. The molecule has 0 aromatic heterocycles. The van der Waals surface area contributed by atoms with Crippen LogP contribution in [0.15, 0.2) is 11.1 Å². The summed E-state index contributed by atoms with van der Waals surface area (Å²) in [5, 5.41) is 11.3. The summed E-state index contributed by atoms with van der Waals surface area (Å²) in [6.07, 6.45) is 12.1. The van der Waals surface area contributed by atoms with Gasteiger partial charge >= 0.3 is 0 Å². The van der Waals surface area contributed by atoms with E-state index in [1.54, 1.807) is 13.8 Å². The molecule has 0 saturated carbocycles. The fraction of sp³-hybridized carbons (Fsp3) is 0.862. The van der Waals surface area contributed by atoms with Crippen LogP contribution in [0.25, 0.3) is 0 Å². The van der Waals surface area contributed by atoms with E-state index in [4.69, 9.17) is 4.74 Å². The first-order valence-electron chi connectivity index (χ1n) is 13.5. The zero-order valence-electron chi connectivity index (χ0n) is 22.7. The molecular weight excluding hydrogens is 412 g/mol. The Bertz CT molecular complexity index is 738. The van der Waals surface area contributed by atoms with Crippen LogP contribution in [-0.2, 0) is 14.3 Å². The van der Waals surface area contributed by atoms with Crippen molar-refractivity contribution in [1.82, 2.24) is 0 Å². The molecule has 1 aliphatic carbocycles. The van der Waals surface area contributed by atoms with Crippen molar-refractivity contribution < 1.29 is 19.4 Å². The lowest BCUT2D eigenvalue weighted by Gasteiger charge is -2.39. The van der Waals surface area contributed by atoms with Gasteiger partial charge in [0.15, 0.2) is 22.8 Å². The zero-order chi connectivity index (χ0) is 25.0. The third kappa shape index (κ3) is 5.99. The highest BCUT2D eigenvalue weighted by Crippen LogP contribution is 2.54. The third-order valence-electron chi connectivity index (χ3n) is 8.61. The van der Waals surface area contributed by atoms with E-state index in [1.165, 1.54) is 45.4 Å². The maximum atomic E-state index is 13.1. The number of aliphatic hydroxyl groups is 1. The Morgan fingerprint density at radius 1 is 0.939 bits per heavy atom. The lowest BCUT2D eigenvalue weighted by molar-refractivity contribution is -0.188. The number of carbonyl (C=O) groups is 2. The van der Waals surface area contributed by atoms with Gasteiger partial charge in [0.2, 0.25) is 0 Å². The molecule has 1 saturated heterocycles. The van der Waals surface area contributed by atoms with Crippen LogP contribution in [0.4, 0.5) is 0 Å². The maximum Gasteiger partial charge on any atom is 0.194 e. The molecular formula is C29H50O4. The smallest absolute Gasteiger partial charge is 0.194 e. The van der Waals surface area contributed by atoms with Gasteiger partial charge in [0.1, 0.15) is 0 Å². The second-order valence-corrected chi connectivity index (χ2v) is 12.1. The molecule has 0 aromatic carbocycles. The highest BCUT2D eigenvalue weighted by molar-refractivity contribution is 6.14. The van der Waals surface area contributed by atoms with Gasteiger partial charge in [-0.2, -0.15) is 0 Å². The quantitative estimate of drug-likeness (QED) is 0.321. The largest absolute Gasteiger partial charge is 0.374 e. The van der Waals surface area contributed by atoms with Gasteiger partial charge in [-0.1, -0.05) is 79.1 Å². The molecule has 0 amide bonds. The minimum Gasteiger partial charge on any atom is -0.374 e. The summed E-state index contributed by atoms with van der Waals surface area (Å²) in [5.74, 6) is 1.70. The maximum absolute atomic E-state index is 13.1. The van der Waals surface area contributed by atoms with Gasteiger partial charge in [-0.15, -0.1) is 0 Å². The molecule has 5 atom stereocenters. The predicted molar refractivity (Wildman–Crippen MR) is 135 cm³/mol. The standard InChI is InChI=1S/C29H50O4/c1-20(2)12-9-13-21(3)14-10-15-22(4)16-11-17-27(8)18-19-28(33-27)26(31)23(5)24(6)29(28,32)25(7)30/h20-22,32H,9-19H2,1-8H3/t21-,22-,27+,28+,29-/m1/s1. The second-order valence-electron chi connectivity index (χ2n) is 12.1. The normalized spacial score (nSPS) is 31.8. The van der Waals surface area contributed by atoms with Crippen molar-refractivity contribution >= 4 is 11.6 Å². The molecule has 0 radical (unpaired) electrons. The summed E-state index contributed by atoms with van der Waals surface area (Å²) in [4.78, 5) is 25.6. The molecule has 0 unspecified atom stereocenters. The number of hydrogen-bond acceptors (Lipinski definition) is 4. The van der Waals surface area contributed by atoms with E-state index in [0.717, 1.165) is 31.1 Å². The topological polar surface area (TPSA) is 63.6 Å². The molecule has 1 aliphatic heterocycles. The first-order valence-corrected chi connectivity index (χ1v) is 13.5. The van der Waals surface area contributed by atoms with E-state index >= 15 is 0 Å². The van der Waals surface area contributed by atoms with Gasteiger partial charge in [-0.3, -0.25) is 9.59 Å². The van der Waals surface area contributed by atoms with Crippen molar-refractivity contribution in [3.8, 4) is 0 Å². The molecule has 1 N–H and O–H groups in total. The zero-order valence-corrected chi connectivity index (χ0v) is 22.7. The summed E-state index contributed by atoms with van der Waals surface area (Å²) < 4.78 is 6.41. The number of ketones is 2. The monoisotopic (exact) mass is 462 g/mol. The molecule has 0 aromatic rings. The number of Topliss-reactive ketones (excluding diaryl/α,β-unsaturated/α-hetero) is 2. The summed E-state index contributed by atoms with van der Waals surface area (Å²) in [7, 11) is 0. The molecule has 1 heterocycles. The first-order chi connectivity index (χ1) is 15.3. The van der Waals surface area contributed by atoms with Gasteiger partial charge < -0.3 is 9.84 Å². The van der Waals surface area contributed by atoms with Crippen molar-refractivity contribution in [3.63, 3.8) is 0 Å². The van der Waals surface area contributed by atoms with Crippen LogP contribution in [0, 0.1) is 17.8 Å². The van der Waals surface area contributed by atoms with Crippen molar-refractivity contribution in [2.45, 2.75) is 143 Å². The number of carbonyl (C=O) groups excluding carboxylic acids is 2. The van der Waals surface area contributed by atoms with Crippen molar-refractivity contribution in [1.29, 1.82) is 0 Å². The average Bonchev–Trinajstić information content (AvgIpc) is 3.15. The Labute approximate surface area is 202 Å². The Hall–Kier alpha value is -1.00. The van der Waals surface area contributed by atoms with Crippen LogP contribution in [0.3, 0.4) is 0 Å². The fourth-order valence-corrected chi connectivity index (χ4v) is 6.12. The number of rotatable bonds is 13. The number of ether oxygens (including phenoxy) is 1. The molecule has 2 aliphatic rings. The van der Waals surface area contributed by atoms with E-state index < -0.39 is 22.6 Å². The highest BCUT2D eigenvalue weighted by atomic mass is 16.6. The van der Waals surface area contributed by atoms with Crippen LogP contribution in [-0.4, -0.2) is 33.5 Å². The molecule has 4 heteroatoms. The fourth-order valence-electron chi connectivity index (χ4n) is 6.12. The Morgan fingerprint density at radius 2 is 1.45 bits per heavy atom. The average molecular weight is 463 g/mol.